The van der Waals surface area contributed by atoms with Crippen LogP contribution in [0.15, 0.2) is 36.5 Å². The first-order chi connectivity index (χ1) is 12.6. The maximum absolute atomic E-state index is 12.3. The maximum atomic E-state index is 12.3. The number of carbonyl (C=O) groups excluding carboxylic acids is 1. The molecule has 0 spiro atoms. The van der Waals surface area contributed by atoms with Crippen molar-refractivity contribution in [3.05, 3.63) is 53.3 Å². The van der Waals surface area contributed by atoms with Gasteiger partial charge >= 0.3 is 0 Å². The molecule has 26 heavy (non-hydrogen) atoms. The van der Waals surface area contributed by atoms with E-state index in [1.54, 1.807) is 10.9 Å². The summed E-state index contributed by atoms with van der Waals surface area (Å²) in [6.45, 7) is 6.21. The van der Waals surface area contributed by atoms with Gasteiger partial charge in [-0.2, -0.15) is 5.10 Å². The lowest BCUT2D eigenvalue weighted by Crippen LogP contribution is -2.35. The Kier molecular flexibility index (Phi) is 8.27. The van der Waals surface area contributed by atoms with Crippen LogP contribution in [-0.2, 0) is 16.0 Å². The summed E-state index contributed by atoms with van der Waals surface area (Å²) in [6.07, 6.45) is 0.790. The van der Waals surface area contributed by atoms with Crippen molar-refractivity contribution < 1.29 is 19.4 Å². The zero-order chi connectivity index (χ0) is 18.8. The van der Waals surface area contributed by atoms with Gasteiger partial charge in [0, 0.05) is 18.8 Å². The highest BCUT2D eigenvalue weighted by atomic mass is 16.5. The summed E-state index contributed by atoms with van der Waals surface area (Å²) in [5.41, 5.74) is 2.41. The van der Waals surface area contributed by atoms with Gasteiger partial charge in [-0.3, -0.25) is 9.48 Å². The normalized spacial score (nSPS) is 12.1. The molecule has 0 radical (unpaired) electrons. The van der Waals surface area contributed by atoms with E-state index in [0.717, 1.165) is 11.3 Å². The second-order valence-electron chi connectivity index (χ2n) is 5.92. The molecule has 1 aromatic carbocycles. The fourth-order valence-electron chi connectivity index (χ4n) is 2.43. The van der Waals surface area contributed by atoms with E-state index < -0.39 is 6.10 Å². The summed E-state index contributed by atoms with van der Waals surface area (Å²) >= 11 is 0. The standard InChI is InChI=1S/C19H27N3O4/c1-3-25-9-10-26-14-17(23)11-20-19(24)18-12-21-22(15(18)2)13-16-7-5-4-6-8-16/h4-8,12,17,23H,3,9-11,13-14H2,1-2H3,(H,20,24). The molecule has 1 aromatic heterocycles. The molecule has 0 bridgehead atoms. The second-order valence-corrected chi connectivity index (χ2v) is 5.92. The number of aromatic nitrogens is 2. The Labute approximate surface area is 153 Å². The van der Waals surface area contributed by atoms with Crippen LogP contribution in [0.3, 0.4) is 0 Å². The van der Waals surface area contributed by atoms with E-state index in [0.29, 0.717) is 31.9 Å². The van der Waals surface area contributed by atoms with Crippen LogP contribution in [0.25, 0.3) is 0 Å². The molecule has 2 rings (SSSR count). The molecule has 2 aromatic rings. The molecule has 2 N–H and O–H groups in total. The van der Waals surface area contributed by atoms with Crippen molar-refractivity contribution in [2.45, 2.75) is 26.5 Å². The Morgan fingerprint density at radius 3 is 2.73 bits per heavy atom. The summed E-state index contributed by atoms with van der Waals surface area (Å²) in [4.78, 5) is 12.3. The van der Waals surface area contributed by atoms with Gasteiger partial charge in [0.25, 0.3) is 5.91 Å². The smallest absolute Gasteiger partial charge is 0.254 e. The van der Waals surface area contributed by atoms with Gasteiger partial charge in [0.1, 0.15) is 0 Å². The van der Waals surface area contributed by atoms with Crippen molar-refractivity contribution in [2.24, 2.45) is 0 Å². The maximum Gasteiger partial charge on any atom is 0.254 e. The Balaban J connectivity index is 1.79. The third-order valence-electron chi connectivity index (χ3n) is 3.91. The predicted molar refractivity (Wildman–Crippen MR) is 98.2 cm³/mol. The lowest BCUT2D eigenvalue weighted by atomic mass is 10.2. The van der Waals surface area contributed by atoms with Crippen LogP contribution in [0.4, 0.5) is 0 Å². The van der Waals surface area contributed by atoms with Gasteiger partial charge in [-0.25, -0.2) is 0 Å². The third kappa shape index (κ3) is 6.25. The number of rotatable bonds is 11. The molecule has 0 aliphatic carbocycles. The molecule has 142 valence electrons. The predicted octanol–water partition coefficient (Wildman–Crippen LogP) is 1.38. The molecule has 0 saturated heterocycles. The first-order valence-electron chi connectivity index (χ1n) is 8.80. The van der Waals surface area contributed by atoms with Crippen molar-refractivity contribution in [3.63, 3.8) is 0 Å². The number of carbonyl (C=O) groups is 1. The second kappa shape index (κ2) is 10.7. The van der Waals surface area contributed by atoms with Crippen LogP contribution >= 0.6 is 0 Å². The van der Waals surface area contributed by atoms with Crippen LogP contribution in [0.5, 0.6) is 0 Å². The van der Waals surface area contributed by atoms with Crippen molar-refractivity contribution in [2.75, 3.05) is 33.0 Å². The summed E-state index contributed by atoms with van der Waals surface area (Å²) < 4.78 is 12.2. The highest BCUT2D eigenvalue weighted by Crippen LogP contribution is 2.10. The molecular weight excluding hydrogens is 334 g/mol. The number of benzene rings is 1. The van der Waals surface area contributed by atoms with E-state index in [-0.39, 0.29) is 19.1 Å². The fraction of sp³-hybridized carbons (Fsp3) is 0.474. The molecule has 1 unspecified atom stereocenters. The van der Waals surface area contributed by atoms with Gasteiger partial charge in [-0.1, -0.05) is 30.3 Å². The summed E-state index contributed by atoms with van der Waals surface area (Å²) in [6, 6.07) is 9.94. The molecule has 7 heteroatoms. The highest BCUT2D eigenvalue weighted by molar-refractivity contribution is 5.95. The number of nitrogens with one attached hydrogen (secondary N) is 1. The topological polar surface area (TPSA) is 85.6 Å². The number of nitrogens with zero attached hydrogens (tertiary/aromatic N) is 2. The Bertz CT molecular complexity index is 673. The molecule has 1 atom stereocenters. The molecule has 0 aliphatic rings. The van der Waals surface area contributed by atoms with Gasteiger partial charge in [0.15, 0.2) is 0 Å². The number of ether oxygens (including phenoxy) is 2. The van der Waals surface area contributed by atoms with E-state index in [9.17, 15) is 9.90 Å². The van der Waals surface area contributed by atoms with Crippen LogP contribution in [0.1, 0.15) is 28.5 Å². The number of amides is 1. The van der Waals surface area contributed by atoms with E-state index >= 15 is 0 Å². The number of hydrogen-bond acceptors (Lipinski definition) is 5. The highest BCUT2D eigenvalue weighted by Gasteiger charge is 2.15. The third-order valence-corrected chi connectivity index (χ3v) is 3.91. The van der Waals surface area contributed by atoms with Gasteiger partial charge in [-0.15, -0.1) is 0 Å². The summed E-state index contributed by atoms with van der Waals surface area (Å²) in [7, 11) is 0. The quantitative estimate of drug-likeness (QED) is 0.591. The average molecular weight is 361 g/mol. The van der Waals surface area contributed by atoms with Crippen molar-refractivity contribution in [3.8, 4) is 0 Å². The molecule has 1 amide bonds. The number of aliphatic hydroxyl groups is 1. The van der Waals surface area contributed by atoms with Crippen LogP contribution in [0.2, 0.25) is 0 Å². The van der Waals surface area contributed by atoms with Crippen LogP contribution in [-0.4, -0.2) is 59.9 Å². The molecule has 0 aliphatic heterocycles. The zero-order valence-electron chi connectivity index (χ0n) is 15.4. The molecule has 0 saturated carbocycles. The van der Waals surface area contributed by atoms with Gasteiger partial charge < -0.3 is 19.9 Å². The first kappa shape index (κ1) is 20.1. The van der Waals surface area contributed by atoms with Gasteiger partial charge in [0.2, 0.25) is 0 Å². The largest absolute Gasteiger partial charge is 0.389 e. The van der Waals surface area contributed by atoms with E-state index in [1.165, 1.54) is 0 Å². The van der Waals surface area contributed by atoms with E-state index in [1.807, 2.05) is 44.2 Å². The fourth-order valence-corrected chi connectivity index (χ4v) is 2.43. The van der Waals surface area contributed by atoms with Crippen LogP contribution in [0, 0.1) is 6.92 Å². The zero-order valence-corrected chi connectivity index (χ0v) is 15.4. The average Bonchev–Trinajstić information content (AvgIpc) is 3.01. The van der Waals surface area contributed by atoms with Gasteiger partial charge in [0.05, 0.1) is 44.2 Å². The SMILES string of the molecule is CCOCCOCC(O)CNC(=O)c1cnn(Cc2ccccc2)c1C. The minimum Gasteiger partial charge on any atom is -0.389 e. The monoisotopic (exact) mass is 361 g/mol. The number of hydrogen-bond donors (Lipinski definition) is 2. The lowest BCUT2D eigenvalue weighted by molar-refractivity contribution is 0.00663. The Morgan fingerprint density at radius 1 is 1.27 bits per heavy atom. The van der Waals surface area contributed by atoms with Gasteiger partial charge in [-0.05, 0) is 19.4 Å². The van der Waals surface area contributed by atoms with Crippen molar-refractivity contribution >= 4 is 5.91 Å². The minimum absolute atomic E-state index is 0.122. The lowest BCUT2D eigenvalue weighted by Gasteiger charge is -2.12. The van der Waals surface area contributed by atoms with E-state index in [2.05, 4.69) is 10.4 Å². The minimum atomic E-state index is -0.764. The number of aliphatic hydroxyl groups excluding tert-OH is 1. The van der Waals surface area contributed by atoms with Crippen LogP contribution < -0.4 is 5.32 Å². The molecule has 7 nitrogen and oxygen atoms in total. The molecule has 1 heterocycles. The Morgan fingerprint density at radius 2 is 2.00 bits per heavy atom. The van der Waals surface area contributed by atoms with Crippen molar-refractivity contribution in [1.29, 1.82) is 0 Å². The Hall–Kier alpha value is -2.22. The van der Waals surface area contributed by atoms with Crippen molar-refractivity contribution in [1.82, 2.24) is 15.1 Å². The summed E-state index contributed by atoms with van der Waals surface area (Å²) in [5, 5.41) is 16.9. The summed E-state index contributed by atoms with van der Waals surface area (Å²) in [5.74, 6) is -0.254. The first-order valence-corrected chi connectivity index (χ1v) is 8.80. The van der Waals surface area contributed by atoms with E-state index in [4.69, 9.17) is 9.47 Å². The molecular formula is C19H27N3O4. The molecule has 0 fully saturated rings.